The SMILES string of the molecule is C/C(=N/Nc1ccc(Cl)cc1Cl)C(=O)O. The van der Waals surface area contributed by atoms with Crippen LogP contribution in [0, 0.1) is 0 Å². The summed E-state index contributed by atoms with van der Waals surface area (Å²) in [4.78, 5) is 10.4. The zero-order valence-electron chi connectivity index (χ0n) is 7.79. The molecular weight excluding hydrogens is 239 g/mol. The van der Waals surface area contributed by atoms with Gasteiger partial charge >= 0.3 is 5.97 Å². The molecule has 4 nitrogen and oxygen atoms in total. The lowest BCUT2D eigenvalue weighted by Crippen LogP contribution is -2.10. The highest BCUT2D eigenvalue weighted by molar-refractivity contribution is 6.36. The Labute approximate surface area is 96.5 Å². The minimum Gasteiger partial charge on any atom is -0.477 e. The minimum absolute atomic E-state index is 0.0546. The van der Waals surface area contributed by atoms with Crippen LogP contribution in [0.1, 0.15) is 6.92 Å². The first-order chi connectivity index (χ1) is 7.00. The Bertz CT molecular complexity index is 419. The average Bonchev–Trinajstić information content (AvgIpc) is 2.15. The summed E-state index contributed by atoms with van der Waals surface area (Å²) in [5.74, 6) is -1.09. The van der Waals surface area contributed by atoms with E-state index in [1.807, 2.05) is 0 Å². The van der Waals surface area contributed by atoms with E-state index in [1.165, 1.54) is 13.0 Å². The number of nitrogens with zero attached hydrogens (tertiary/aromatic N) is 1. The van der Waals surface area contributed by atoms with Crippen LogP contribution in [-0.2, 0) is 4.79 Å². The van der Waals surface area contributed by atoms with E-state index in [2.05, 4.69) is 10.5 Å². The smallest absolute Gasteiger partial charge is 0.351 e. The number of hydrazone groups is 1. The van der Waals surface area contributed by atoms with Crippen molar-refractivity contribution in [1.29, 1.82) is 0 Å². The van der Waals surface area contributed by atoms with Crippen molar-refractivity contribution in [3.63, 3.8) is 0 Å². The summed E-state index contributed by atoms with van der Waals surface area (Å²) in [6, 6.07) is 4.78. The van der Waals surface area contributed by atoms with Gasteiger partial charge in [-0.1, -0.05) is 23.2 Å². The first kappa shape index (κ1) is 11.8. The Morgan fingerprint density at radius 1 is 1.47 bits per heavy atom. The Kier molecular flexibility index (Phi) is 3.94. The molecule has 1 rings (SSSR count). The second kappa shape index (κ2) is 5.00. The van der Waals surface area contributed by atoms with Crippen molar-refractivity contribution in [2.45, 2.75) is 6.92 Å². The van der Waals surface area contributed by atoms with E-state index < -0.39 is 5.97 Å². The molecule has 0 fully saturated rings. The standard InChI is InChI=1S/C9H8Cl2N2O2/c1-5(9(14)15)12-13-8-3-2-6(10)4-7(8)11/h2-4,13H,1H3,(H,14,15)/b12-5-. The molecule has 0 spiro atoms. The predicted molar refractivity (Wildman–Crippen MR) is 60.8 cm³/mol. The number of hydrogen-bond donors (Lipinski definition) is 2. The molecule has 0 aliphatic carbocycles. The summed E-state index contributed by atoms with van der Waals surface area (Å²) in [6.07, 6.45) is 0. The molecule has 6 heteroatoms. The van der Waals surface area contributed by atoms with Crippen LogP contribution in [0.3, 0.4) is 0 Å². The Hall–Kier alpha value is -1.26. The van der Waals surface area contributed by atoms with E-state index >= 15 is 0 Å². The third-order valence-electron chi connectivity index (χ3n) is 1.58. The van der Waals surface area contributed by atoms with Crippen LogP contribution in [0.5, 0.6) is 0 Å². The number of benzene rings is 1. The average molecular weight is 247 g/mol. The molecule has 0 atom stereocenters. The van der Waals surface area contributed by atoms with Gasteiger partial charge < -0.3 is 5.11 Å². The van der Waals surface area contributed by atoms with Crippen molar-refractivity contribution in [2.75, 3.05) is 5.43 Å². The molecule has 2 N–H and O–H groups in total. The first-order valence-corrected chi connectivity index (χ1v) is 4.75. The van der Waals surface area contributed by atoms with E-state index in [0.29, 0.717) is 15.7 Å². The summed E-state index contributed by atoms with van der Waals surface area (Å²) in [6.45, 7) is 1.37. The highest BCUT2D eigenvalue weighted by Gasteiger charge is 2.03. The van der Waals surface area contributed by atoms with Gasteiger partial charge in [0.1, 0.15) is 5.71 Å². The molecule has 15 heavy (non-hydrogen) atoms. The maximum absolute atomic E-state index is 10.4. The maximum Gasteiger partial charge on any atom is 0.351 e. The topological polar surface area (TPSA) is 61.7 Å². The summed E-state index contributed by atoms with van der Waals surface area (Å²) < 4.78 is 0. The number of anilines is 1. The summed E-state index contributed by atoms with van der Waals surface area (Å²) in [5.41, 5.74) is 2.98. The van der Waals surface area contributed by atoms with Crippen LogP contribution < -0.4 is 5.43 Å². The van der Waals surface area contributed by atoms with Gasteiger partial charge in [-0.15, -0.1) is 0 Å². The molecule has 0 unspecified atom stereocenters. The minimum atomic E-state index is -1.09. The molecule has 0 amide bonds. The van der Waals surface area contributed by atoms with Gasteiger partial charge in [0.2, 0.25) is 0 Å². The van der Waals surface area contributed by atoms with Crippen LogP contribution in [0.4, 0.5) is 5.69 Å². The second-order valence-corrected chi connectivity index (χ2v) is 3.58. The number of rotatable bonds is 3. The van der Waals surface area contributed by atoms with E-state index in [9.17, 15) is 4.79 Å². The molecular formula is C9H8Cl2N2O2. The largest absolute Gasteiger partial charge is 0.477 e. The molecule has 0 aromatic heterocycles. The molecule has 0 aliphatic heterocycles. The van der Waals surface area contributed by atoms with Gasteiger partial charge in [-0.05, 0) is 25.1 Å². The summed E-state index contributed by atoms with van der Waals surface area (Å²) in [5, 5.41) is 13.1. The summed E-state index contributed by atoms with van der Waals surface area (Å²) >= 11 is 11.5. The van der Waals surface area contributed by atoms with Crippen molar-refractivity contribution in [3.05, 3.63) is 28.2 Å². The Balaban J connectivity index is 2.82. The van der Waals surface area contributed by atoms with Crippen LogP contribution in [0.15, 0.2) is 23.3 Å². The summed E-state index contributed by atoms with van der Waals surface area (Å²) in [7, 11) is 0. The van der Waals surface area contributed by atoms with Gasteiger partial charge in [0.05, 0.1) is 10.7 Å². The van der Waals surface area contributed by atoms with Crippen molar-refractivity contribution < 1.29 is 9.90 Å². The molecule has 0 saturated heterocycles. The van der Waals surface area contributed by atoms with Gasteiger partial charge in [0, 0.05) is 5.02 Å². The number of carboxylic acids is 1. The zero-order valence-corrected chi connectivity index (χ0v) is 9.30. The highest BCUT2D eigenvalue weighted by atomic mass is 35.5. The van der Waals surface area contributed by atoms with E-state index in [4.69, 9.17) is 28.3 Å². The van der Waals surface area contributed by atoms with Gasteiger partial charge in [0.15, 0.2) is 0 Å². The fraction of sp³-hybridized carbons (Fsp3) is 0.111. The lowest BCUT2D eigenvalue weighted by atomic mass is 10.3. The van der Waals surface area contributed by atoms with Gasteiger partial charge in [-0.25, -0.2) is 4.79 Å². The highest BCUT2D eigenvalue weighted by Crippen LogP contribution is 2.25. The lowest BCUT2D eigenvalue weighted by molar-refractivity contribution is -0.129. The molecule has 0 saturated carbocycles. The maximum atomic E-state index is 10.4. The second-order valence-electron chi connectivity index (χ2n) is 2.74. The number of hydrogen-bond acceptors (Lipinski definition) is 3. The van der Waals surface area contributed by atoms with Crippen LogP contribution in [0.2, 0.25) is 10.0 Å². The van der Waals surface area contributed by atoms with Gasteiger partial charge in [0.25, 0.3) is 0 Å². The first-order valence-electron chi connectivity index (χ1n) is 3.99. The molecule has 1 aromatic carbocycles. The molecule has 0 aliphatic rings. The Morgan fingerprint density at radius 3 is 2.67 bits per heavy atom. The fourth-order valence-corrected chi connectivity index (χ4v) is 1.22. The van der Waals surface area contributed by atoms with Crippen molar-refractivity contribution in [3.8, 4) is 0 Å². The lowest BCUT2D eigenvalue weighted by Gasteiger charge is -2.03. The van der Waals surface area contributed by atoms with Gasteiger partial charge in [-0.3, -0.25) is 5.43 Å². The number of carbonyl (C=O) groups is 1. The van der Waals surface area contributed by atoms with Gasteiger partial charge in [-0.2, -0.15) is 5.10 Å². The third kappa shape index (κ3) is 3.42. The normalized spacial score (nSPS) is 11.3. The van der Waals surface area contributed by atoms with Crippen LogP contribution in [0.25, 0.3) is 0 Å². The molecule has 0 bridgehead atoms. The van der Waals surface area contributed by atoms with Crippen LogP contribution >= 0.6 is 23.2 Å². The predicted octanol–water partition coefficient (Wildman–Crippen LogP) is 2.87. The quantitative estimate of drug-likeness (QED) is 0.637. The molecule has 0 radical (unpaired) electrons. The zero-order chi connectivity index (χ0) is 11.4. The molecule has 1 aromatic rings. The molecule has 80 valence electrons. The van der Waals surface area contributed by atoms with E-state index in [1.54, 1.807) is 12.1 Å². The number of aliphatic carboxylic acids is 1. The Morgan fingerprint density at radius 2 is 2.13 bits per heavy atom. The molecule has 0 heterocycles. The van der Waals surface area contributed by atoms with Crippen molar-refractivity contribution in [2.24, 2.45) is 5.10 Å². The number of halogens is 2. The fourth-order valence-electron chi connectivity index (χ4n) is 0.772. The number of nitrogens with one attached hydrogen (secondary N) is 1. The van der Waals surface area contributed by atoms with E-state index in [-0.39, 0.29) is 5.71 Å². The number of carboxylic acid groups (broad SMARTS) is 1. The monoisotopic (exact) mass is 246 g/mol. The third-order valence-corrected chi connectivity index (χ3v) is 2.13. The van der Waals surface area contributed by atoms with Crippen molar-refractivity contribution >= 4 is 40.6 Å². The van der Waals surface area contributed by atoms with E-state index in [0.717, 1.165) is 0 Å². The van der Waals surface area contributed by atoms with Crippen molar-refractivity contribution in [1.82, 2.24) is 0 Å². The van der Waals surface area contributed by atoms with Crippen LogP contribution in [-0.4, -0.2) is 16.8 Å².